The molecular weight excluding hydrogens is 728 g/mol. The number of ketones is 2. The number of para-hydroxylation sites is 1. The summed E-state index contributed by atoms with van der Waals surface area (Å²) in [5.41, 5.74) is 1.24. The van der Waals surface area contributed by atoms with Crippen LogP contribution < -0.4 is 0 Å². The van der Waals surface area contributed by atoms with Gasteiger partial charge >= 0.3 is 0 Å². The van der Waals surface area contributed by atoms with E-state index < -0.39 is 64.5 Å². The molecule has 7 rings (SSSR count). The second-order valence-corrected chi connectivity index (χ2v) is 22.8. The van der Waals surface area contributed by atoms with Crippen LogP contribution in [0.4, 0.5) is 0 Å². The quantitative estimate of drug-likeness (QED) is 0.0961. The highest BCUT2D eigenvalue weighted by Crippen LogP contribution is 2.56. The monoisotopic (exact) mass is 768 g/mol. The molecule has 9 nitrogen and oxygen atoms in total. The van der Waals surface area contributed by atoms with Crippen LogP contribution in [0.2, 0.25) is 16.6 Å². The highest BCUT2D eigenvalue weighted by Gasteiger charge is 2.64. The van der Waals surface area contributed by atoms with Crippen molar-refractivity contribution in [3.05, 3.63) is 126 Å². The van der Waals surface area contributed by atoms with Crippen molar-refractivity contribution >= 4 is 64.2 Å². The third-order valence-electron chi connectivity index (χ3n) is 11.4. The average molecular weight is 769 g/mol. The molecule has 1 aromatic heterocycles. The molecule has 0 spiro atoms. The zero-order chi connectivity index (χ0) is 38.2. The van der Waals surface area contributed by atoms with Gasteiger partial charge in [0.1, 0.15) is 16.7 Å². The van der Waals surface area contributed by atoms with Crippen molar-refractivity contribution in [2.24, 2.45) is 5.92 Å². The van der Waals surface area contributed by atoms with E-state index in [0.29, 0.717) is 16.5 Å². The molecule has 4 atom stereocenters. The first-order valence-corrected chi connectivity index (χ1v) is 21.8. The number of nitrogens with zero attached hydrogens (tertiary/aromatic N) is 2. The predicted octanol–water partition coefficient (Wildman–Crippen LogP) is 8.02. The van der Waals surface area contributed by atoms with Gasteiger partial charge in [0, 0.05) is 17.5 Å². The number of alkyl halides is 1. The zero-order valence-corrected chi connectivity index (χ0v) is 32.9. The van der Waals surface area contributed by atoms with E-state index in [4.69, 9.17) is 16.0 Å². The highest BCUT2D eigenvalue weighted by atomic mass is 35.5. The molecule has 0 bridgehead atoms. The Kier molecular flexibility index (Phi) is 9.06. The summed E-state index contributed by atoms with van der Waals surface area (Å²) in [7, 11) is -7.02. The second kappa shape index (κ2) is 13.1. The maximum Gasteiger partial charge on any atom is 0.268 e. The number of allylic oxidation sites excluding steroid dienone is 3. The molecule has 4 aromatic rings. The summed E-state index contributed by atoms with van der Waals surface area (Å²) in [6.45, 7) is 12.6. The summed E-state index contributed by atoms with van der Waals surface area (Å²) in [5.74, 6) is -4.76. The van der Waals surface area contributed by atoms with Gasteiger partial charge in [-0.1, -0.05) is 90.1 Å². The molecular formula is C41H41ClN2O7SSi. The van der Waals surface area contributed by atoms with Gasteiger partial charge < -0.3 is 4.43 Å². The molecule has 53 heavy (non-hydrogen) atoms. The average Bonchev–Trinajstić information content (AvgIpc) is 3.64. The van der Waals surface area contributed by atoms with Crippen molar-refractivity contribution in [3.63, 3.8) is 0 Å². The Hall–Kier alpha value is -4.58. The topological polar surface area (TPSA) is 120 Å². The Bertz CT molecular complexity index is 2310. The van der Waals surface area contributed by atoms with Crippen molar-refractivity contribution in [3.8, 4) is 0 Å². The van der Waals surface area contributed by atoms with E-state index >= 15 is 0 Å². The molecule has 0 fully saturated rings. The van der Waals surface area contributed by atoms with Crippen LogP contribution in [0.5, 0.6) is 0 Å². The van der Waals surface area contributed by atoms with E-state index in [0.717, 1.165) is 17.1 Å². The summed E-state index contributed by atoms with van der Waals surface area (Å²) in [4.78, 5) is 56.3. The fraction of sp³-hybridized carbons (Fsp3) is 0.317. The van der Waals surface area contributed by atoms with E-state index in [9.17, 15) is 27.6 Å². The zero-order valence-electron chi connectivity index (χ0n) is 30.3. The van der Waals surface area contributed by atoms with Crippen LogP contribution in [-0.4, -0.2) is 59.9 Å². The number of imide groups is 1. The van der Waals surface area contributed by atoms with E-state index in [1.54, 1.807) is 72.8 Å². The Morgan fingerprint density at radius 3 is 1.89 bits per heavy atom. The minimum absolute atomic E-state index is 0.0499. The fourth-order valence-corrected chi connectivity index (χ4v) is 16.2. The van der Waals surface area contributed by atoms with Crippen molar-refractivity contribution in [2.45, 2.75) is 79.9 Å². The number of hydrogen-bond donors (Lipinski definition) is 0. The number of carbonyl (C=O) groups is 4. The van der Waals surface area contributed by atoms with Gasteiger partial charge in [0.15, 0.2) is 11.6 Å². The van der Waals surface area contributed by atoms with Gasteiger partial charge in [-0.25, -0.2) is 12.4 Å². The highest BCUT2D eigenvalue weighted by molar-refractivity contribution is 7.90. The minimum Gasteiger partial charge on any atom is -0.544 e. The van der Waals surface area contributed by atoms with E-state index in [2.05, 4.69) is 41.5 Å². The molecule has 3 aromatic carbocycles. The Balaban J connectivity index is 1.54. The van der Waals surface area contributed by atoms with Crippen LogP contribution in [0.1, 0.15) is 73.7 Å². The Morgan fingerprint density at radius 1 is 0.755 bits per heavy atom. The number of halogens is 1. The molecule has 0 saturated heterocycles. The lowest BCUT2D eigenvalue weighted by molar-refractivity contribution is -0.130. The molecule has 0 radical (unpaired) electrons. The third-order valence-corrected chi connectivity index (χ3v) is 19.7. The SMILES string of the molecule is CC(C)[Si](OC1=C[C@@H](c2cn(S(=O)(=O)c3ccccc3)c3ccccc23)[C@]2(Cl)C(=O)C=CC(=O)[C@@H]2[C@H]1N1C(=O)c2ccccc2C1=O)(C(C)C)C(C)C. The lowest BCUT2D eigenvalue weighted by Crippen LogP contribution is -2.63. The van der Waals surface area contributed by atoms with Gasteiger partial charge in [-0.05, 0) is 70.7 Å². The minimum atomic E-state index is -4.14. The van der Waals surface area contributed by atoms with Crippen LogP contribution in [0.3, 0.4) is 0 Å². The first-order chi connectivity index (χ1) is 25.1. The first kappa shape index (κ1) is 36.8. The number of rotatable bonds is 9. The van der Waals surface area contributed by atoms with Gasteiger partial charge in [0.2, 0.25) is 0 Å². The predicted molar refractivity (Wildman–Crippen MR) is 206 cm³/mol. The number of fused-ring (bicyclic) bond motifs is 3. The van der Waals surface area contributed by atoms with Crippen LogP contribution in [0, 0.1) is 5.92 Å². The van der Waals surface area contributed by atoms with Gasteiger partial charge in [0.25, 0.3) is 30.2 Å². The molecule has 3 aliphatic rings. The van der Waals surface area contributed by atoms with Crippen LogP contribution in [0.25, 0.3) is 10.9 Å². The van der Waals surface area contributed by atoms with Gasteiger partial charge in [-0.15, -0.1) is 11.6 Å². The van der Waals surface area contributed by atoms with Gasteiger partial charge in [-0.2, -0.15) is 0 Å². The molecule has 1 aliphatic heterocycles. The number of hydrogen-bond acceptors (Lipinski definition) is 7. The first-order valence-electron chi connectivity index (χ1n) is 17.8. The number of benzene rings is 3. The van der Waals surface area contributed by atoms with Gasteiger partial charge in [-0.3, -0.25) is 24.1 Å². The lowest BCUT2D eigenvalue weighted by atomic mass is 9.63. The summed E-state index contributed by atoms with van der Waals surface area (Å²) >= 11 is 7.65. The van der Waals surface area contributed by atoms with Crippen molar-refractivity contribution < 1.29 is 32.0 Å². The van der Waals surface area contributed by atoms with E-state index in [1.165, 1.54) is 22.3 Å². The lowest BCUT2D eigenvalue weighted by Gasteiger charge is -2.52. The number of carbonyl (C=O) groups excluding carboxylic acids is 4. The molecule has 274 valence electrons. The smallest absolute Gasteiger partial charge is 0.268 e. The second-order valence-electron chi connectivity index (χ2n) is 15.0. The van der Waals surface area contributed by atoms with Crippen molar-refractivity contribution in [1.82, 2.24) is 8.87 Å². The largest absolute Gasteiger partial charge is 0.544 e. The van der Waals surface area contributed by atoms with Crippen LogP contribution in [0.15, 0.2) is 114 Å². The molecule has 2 aliphatic carbocycles. The van der Waals surface area contributed by atoms with Crippen LogP contribution in [-0.2, 0) is 24.0 Å². The maximum absolute atomic E-state index is 14.4. The standard InChI is InChI=1S/C41H41ClN2O7SSi/c1-24(2)53(25(3)4,26(5)6)51-35-22-32(31-23-43(33-19-13-12-16-28(31)33)52(49,50)27-14-8-7-9-15-27)41(42)36(46)21-20-34(45)37(41)38(35)44-39(47)29-17-10-11-18-30(29)40(44)48/h7-26,32,37-38H,1-6H3/t32-,37+,38-,41-/m0/s1. The molecule has 0 unspecified atom stereocenters. The Labute approximate surface area is 315 Å². The molecule has 0 N–H and O–H groups in total. The summed E-state index contributed by atoms with van der Waals surface area (Å²) in [5, 5.41) is 0.500. The van der Waals surface area contributed by atoms with E-state index in [1.807, 2.05) is 0 Å². The number of aromatic nitrogens is 1. The summed E-state index contributed by atoms with van der Waals surface area (Å²) in [6.07, 6.45) is 5.43. The normalized spacial score (nSPS) is 23.3. The molecule has 0 saturated carbocycles. The summed E-state index contributed by atoms with van der Waals surface area (Å²) in [6, 6.07) is 20.0. The molecule has 12 heteroatoms. The van der Waals surface area contributed by atoms with Crippen LogP contribution >= 0.6 is 11.6 Å². The van der Waals surface area contributed by atoms with Gasteiger partial charge in [0.05, 0.1) is 27.5 Å². The molecule has 2 amide bonds. The van der Waals surface area contributed by atoms with E-state index in [-0.39, 0.29) is 38.4 Å². The third kappa shape index (κ3) is 5.33. The molecule has 2 heterocycles. The maximum atomic E-state index is 14.4. The summed E-state index contributed by atoms with van der Waals surface area (Å²) < 4.78 is 36.9. The number of amides is 2. The fourth-order valence-electron chi connectivity index (χ4n) is 9.06. The van der Waals surface area contributed by atoms with Crippen molar-refractivity contribution in [2.75, 3.05) is 0 Å². The van der Waals surface area contributed by atoms with Crippen molar-refractivity contribution in [1.29, 1.82) is 0 Å². The Morgan fingerprint density at radius 2 is 1.30 bits per heavy atom.